The van der Waals surface area contributed by atoms with E-state index in [1.54, 1.807) is 13.0 Å². The van der Waals surface area contributed by atoms with Crippen LogP contribution in [0.1, 0.15) is 67.7 Å². The molecule has 0 spiro atoms. The number of nitrogens with two attached hydrogens (primary N) is 1. The third kappa shape index (κ3) is 4.47. The minimum atomic E-state index is -4.28. The molecule has 21 heavy (non-hydrogen) atoms. The van der Waals surface area contributed by atoms with E-state index in [9.17, 15) is 13.2 Å². The van der Waals surface area contributed by atoms with Crippen LogP contribution >= 0.6 is 0 Å². The van der Waals surface area contributed by atoms with E-state index in [4.69, 9.17) is 5.73 Å². The Bertz CT molecular complexity index is 462. The highest BCUT2D eigenvalue weighted by Crippen LogP contribution is 2.33. The van der Waals surface area contributed by atoms with Crippen molar-refractivity contribution in [1.29, 1.82) is 0 Å². The van der Waals surface area contributed by atoms with E-state index in [1.165, 1.54) is 38.2 Å². The first-order chi connectivity index (χ1) is 9.88. The lowest BCUT2D eigenvalue weighted by atomic mass is 9.84. The lowest BCUT2D eigenvalue weighted by Gasteiger charge is -2.23. The van der Waals surface area contributed by atoms with Gasteiger partial charge in [0.05, 0.1) is 5.56 Å². The van der Waals surface area contributed by atoms with Crippen molar-refractivity contribution >= 4 is 0 Å². The van der Waals surface area contributed by atoms with Crippen molar-refractivity contribution < 1.29 is 13.2 Å². The van der Waals surface area contributed by atoms with Crippen LogP contribution in [0.5, 0.6) is 0 Å². The van der Waals surface area contributed by atoms with E-state index in [-0.39, 0.29) is 6.04 Å². The molecule has 0 aliphatic heterocycles. The maximum absolute atomic E-state index is 12.7. The van der Waals surface area contributed by atoms with E-state index < -0.39 is 11.7 Å². The van der Waals surface area contributed by atoms with Crippen LogP contribution in [-0.4, -0.2) is 0 Å². The van der Waals surface area contributed by atoms with Crippen LogP contribution in [0.2, 0.25) is 0 Å². The predicted molar refractivity (Wildman–Crippen MR) is 78.9 cm³/mol. The molecule has 0 bridgehead atoms. The number of halogens is 3. The fraction of sp³-hybridized carbons (Fsp3) is 0.647. The Labute approximate surface area is 124 Å². The molecule has 1 fully saturated rings. The second-order valence-electron chi connectivity index (χ2n) is 6.26. The normalized spacial score (nSPS) is 18.7. The lowest BCUT2D eigenvalue weighted by Crippen LogP contribution is -2.16. The Kier molecular flexibility index (Phi) is 5.31. The Morgan fingerprint density at radius 1 is 1.19 bits per heavy atom. The van der Waals surface area contributed by atoms with Gasteiger partial charge in [0.15, 0.2) is 0 Å². The van der Waals surface area contributed by atoms with Crippen LogP contribution < -0.4 is 5.73 Å². The fourth-order valence-corrected chi connectivity index (χ4v) is 3.31. The molecule has 2 N–H and O–H groups in total. The molecule has 0 heterocycles. The number of hydrogen-bond acceptors (Lipinski definition) is 1. The summed E-state index contributed by atoms with van der Waals surface area (Å²) in [7, 11) is 0. The zero-order valence-corrected chi connectivity index (χ0v) is 12.5. The zero-order valence-electron chi connectivity index (χ0n) is 12.5. The zero-order chi connectivity index (χ0) is 15.5. The third-order valence-electron chi connectivity index (χ3n) is 4.61. The fourth-order valence-electron chi connectivity index (χ4n) is 3.31. The molecule has 2 rings (SSSR count). The van der Waals surface area contributed by atoms with Gasteiger partial charge in [-0.1, -0.05) is 38.2 Å². The van der Waals surface area contributed by atoms with Gasteiger partial charge in [0.25, 0.3) is 0 Å². The Balaban J connectivity index is 1.97. The smallest absolute Gasteiger partial charge is 0.324 e. The first-order valence-corrected chi connectivity index (χ1v) is 7.81. The molecule has 4 heteroatoms. The van der Waals surface area contributed by atoms with Crippen LogP contribution in [0, 0.1) is 12.8 Å². The van der Waals surface area contributed by atoms with Gasteiger partial charge in [-0.05, 0) is 48.9 Å². The van der Waals surface area contributed by atoms with Crippen LogP contribution in [0.15, 0.2) is 18.2 Å². The lowest BCUT2D eigenvalue weighted by molar-refractivity contribution is -0.137. The highest BCUT2D eigenvalue weighted by atomic mass is 19.4. The molecule has 0 amide bonds. The van der Waals surface area contributed by atoms with Crippen molar-refractivity contribution in [3.8, 4) is 0 Å². The highest BCUT2D eigenvalue weighted by Gasteiger charge is 2.30. The summed E-state index contributed by atoms with van der Waals surface area (Å²) in [5.74, 6) is 0.750. The van der Waals surface area contributed by atoms with Gasteiger partial charge in [-0.25, -0.2) is 0 Å². The van der Waals surface area contributed by atoms with Crippen LogP contribution in [0.25, 0.3) is 0 Å². The number of hydrogen-bond donors (Lipinski definition) is 1. The van der Waals surface area contributed by atoms with Gasteiger partial charge in [-0.15, -0.1) is 0 Å². The molecule has 0 saturated heterocycles. The third-order valence-corrected chi connectivity index (χ3v) is 4.61. The van der Waals surface area contributed by atoms with Crippen LogP contribution in [0.3, 0.4) is 0 Å². The van der Waals surface area contributed by atoms with E-state index in [0.29, 0.717) is 5.56 Å². The van der Waals surface area contributed by atoms with Gasteiger partial charge in [0.2, 0.25) is 0 Å². The molecular formula is C17H24F3N. The van der Waals surface area contributed by atoms with Gasteiger partial charge >= 0.3 is 6.18 Å². The summed E-state index contributed by atoms with van der Waals surface area (Å²) < 4.78 is 38.0. The molecule has 0 radical (unpaired) electrons. The Morgan fingerprint density at radius 2 is 1.86 bits per heavy atom. The number of aryl methyl sites for hydroxylation is 1. The Hall–Kier alpha value is -1.03. The maximum Gasteiger partial charge on any atom is 0.416 e. The largest absolute Gasteiger partial charge is 0.416 e. The van der Waals surface area contributed by atoms with Crippen LogP contribution in [0.4, 0.5) is 13.2 Å². The van der Waals surface area contributed by atoms with Gasteiger partial charge in [0.1, 0.15) is 0 Å². The van der Waals surface area contributed by atoms with E-state index in [1.807, 2.05) is 0 Å². The highest BCUT2D eigenvalue weighted by molar-refractivity contribution is 5.34. The molecule has 1 aromatic rings. The second kappa shape index (κ2) is 6.82. The molecule has 1 aliphatic rings. The van der Waals surface area contributed by atoms with Crippen molar-refractivity contribution in [2.24, 2.45) is 11.7 Å². The minimum absolute atomic E-state index is 0.158. The first kappa shape index (κ1) is 16.3. The topological polar surface area (TPSA) is 26.0 Å². The van der Waals surface area contributed by atoms with E-state index in [2.05, 4.69) is 0 Å². The monoisotopic (exact) mass is 299 g/mol. The molecular weight excluding hydrogens is 275 g/mol. The average molecular weight is 299 g/mol. The quantitative estimate of drug-likeness (QED) is 0.794. The minimum Gasteiger partial charge on any atom is -0.324 e. The summed E-state index contributed by atoms with van der Waals surface area (Å²) >= 11 is 0. The molecule has 0 aromatic heterocycles. The summed E-state index contributed by atoms with van der Waals surface area (Å²) in [6.07, 6.45) is 4.16. The number of benzene rings is 1. The Morgan fingerprint density at radius 3 is 2.43 bits per heavy atom. The molecule has 1 atom stereocenters. The van der Waals surface area contributed by atoms with Crippen LogP contribution in [-0.2, 0) is 6.18 Å². The van der Waals surface area contributed by atoms with Gasteiger partial charge in [-0.2, -0.15) is 13.2 Å². The average Bonchev–Trinajstić information content (AvgIpc) is 2.45. The predicted octanol–water partition coefficient (Wildman–Crippen LogP) is 5.37. The van der Waals surface area contributed by atoms with E-state index >= 15 is 0 Å². The van der Waals surface area contributed by atoms with Gasteiger partial charge in [0, 0.05) is 6.04 Å². The SMILES string of the molecule is Cc1cc(C(F)(F)F)ccc1C(N)CCC1CCCCC1. The summed E-state index contributed by atoms with van der Waals surface area (Å²) in [4.78, 5) is 0. The van der Waals surface area contributed by atoms with Crippen molar-refractivity contribution in [3.05, 3.63) is 34.9 Å². The van der Waals surface area contributed by atoms with Crippen molar-refractivity contribution in [1.82, 2.24) is 0 Å². The molecule has 1 aliphatic carbocycles. The summed E-state index contributed by atoms with van der Waals surface area (Å²) in [6, 6.07) is 3.73. The molecule has 1 aromatic carbocycles. The molecule has 1 saturated carbocycles. The molecule has 1 unspecified atom stereocenters. The summed E-state index contributed by atoms with van der Waals surface area (Å²) in [6.45, 7) is 1.71. The van der Waals surface area contributed by atoms with Gasteiger partial charge in [-0.3, -0.25) is 0 Å². The summed E-state index contributed by atoms with van der Waals surface area (Å²) in [5.41, 5.74) is 7.08. The maximum atomic E-state index is 12.7. The first-order valence-electron chi connectivity index (χ1n) is 7.81. The number of alkyl halides is 3. The van der Waals surface area contributed by atoms with Crippen molar-refractivity contribution in [2.75, 3.05) is 0 Å². The second-order valence-corrected chi connectivity index (χ2v) is 6.26. The van der Waals surface area contributed by atoms with Crippen molar-refractivity contribution in [3.63, 3.8) is 0 Å². The van der Waals surface area contributed by atoms with Crippen molar-refractivity contribution in [2.45, 2.75) is 64.1 Å². The van der Waals surface area contributed by atoms with E-state index in [0.717, 1.165) is 30.4 Å². The summed E-state index contributed by atoms with van der Waals surface area (Å²) in [5, 5.41) is 0. The number of rotatable bonds is 4. The standard InChI is InChI=1S/C17H24F3N/c1-12-11-14(17(18,19)20)8-9-15(12)16(21)10-7-13-5-3-2-4-6-13/h8-9,11,13,16H,2-7,10,21H2,1H3. The van der Waals surface area contributed by atoms with Gasteiger partial charge < -0.3 is 5.73 Å². The molecule has 1 nitrogen and oxygen atoms in total. The molecule has 118 valence electrons.